The van der Waals surface area contributed by atoms with Crippen LogP contribution in [0.3, 0.4) is 0 Å². The zero-order valence-electron chi connectivity index (χ0n) is 17.6. The lowest BCUT2D eigenvalue weighted by molar-refractivity contribution is -0.120. The van der Waals surface area contributed by atoms with E-state index < -0.39 is 11.8 Å². The van der Waals surface area contributed by atoms with E-state index in [1.54, 1.807) is 48.5 Å². The van der Waals surface area contributed by atoms with Gasteiger partial charge < -0.3 is 10.6 Å². The Labute approximate surface area is 204 Å². The van der Waals surface area contributed by atoms with Gasteiger partial charge in [-0.3, -0.25) is 14.4 Å². The maximum atomic E-state index is 12.9. The van der Waals surface area contributed by atoms with Gasteiger partial charge >= 0.3 is 0 Å². The van der Waals surface area contributed by atoms with Gasteiger partial charge in [-0.2, -0.15) is 0 Å². The quantitative estimate of drug-likeness (QED) is 0.406. The fourth-order valence-electron chi connectivity index (χ4n) is 3.35. The minimum atomic E-state index is -0.615. The molecule has 0 fully saturated rings. The summed E-state index contributed by atoms with van der Waals surface area (Å²) in [5.74, 6) is -1.48. The number of benzene rings is 3. The molecule has 6 nitrogen and oxygen atoms in total. The molecule has 1 aliphatic heterocycles. The van der Waals surface area contributed by atoms with Crippen molar-refractivity contribution in [1.82, 2.24) is 0 Å². The van der Waals surface area contributed by atoms with Gasteiger partial charge in [-0.05, 0) is 66.6 Å². The Morgan fingerprint density at radius 1 is 0.939 bits per heavy atom. The van der Waals surface area contributed by atoms with E-state index in [9.17, 15) is 14.4 Å². The molecule has 0 bridgehead atoms. The van der Waals surface area contributed by atoms with Crippen molar-refractivity contribution < 1.29 is 14.4 Å². The smallest absolute Gasteiger partial charge is 0.283 e. The number of amides is 3. The number of nitrogens with one attached hydrogen (secondary N) is 2. The van der Waals surface area contributed by atoms with Gasteiger partial charge in [0.15, 0.2) is 0 Å². The second-order valence-electron chi connectivity index (χ2n) is 7.32. The van der Waals surface area contributed by atoms with Crippen LogP contribution >= 0.6 is 27.5 Å². The summed E-state index contributed by atoms with van der Waals surface area (Å²) in [6.45, 7) is 2.06. The SMILES string of the molecule is CCc1ccc(NC(=O)c2cccc(NC3=C(Cl)C(=O)N(c4ccc(Br)cc4)C3=O)c2)cc1. The zero-order valence-corrected chi connectivity index (χ0v) is 19.9. The third-order valence-corrected chi connectivity index (χ3v) is 6.01. The Morgan fingerprint density at radius 3 is 2.30 bits per heavy atom. The molecule has 1 heterocycles. The maximum Gasteiger partial charge on any atom is 0.283 e. The van der Waals surface area contributed by atoms with Crippen molar-refractivity contribution in [1.29, 1.82) is 0 Å². The molecule has 0 atom stereocenters. The number of anilines is 3. The number of nitrogens with zero attached hydrogens (tertiary/aromatic N) is 1. The molecule has 0 unspecified atom stereocenters. The van der Waals surface area contributed by atoms with Crippen LogP contribution in [-0.4, -0.2) is 17.7 Å². The first kappa shape index (κ1) is 22.8. The number of aryl methyl sites for hydroxylation is 1. The molecule has 1 aliphatic rings. The highest BCUT2D eigenvalue weighted by molar-refractivity contribution is 9.10. The van der Waals surface area contributed by atoms with E-state index in [4.69, 9.17) is 11.6 Å². The van der Waals surface area contributed by atoms with E-state index in [2.05, 4.69) is 33.5 Å². The van der Waals surface area contributed by atoms with Crippen LogP contribution in [0.15, 0.2) is 88.0 Å². The van der Waals surface area contributed by atoms with Gasteiger partial charge in [0.2, 0.25) is 0 Å². The van der Waals surface area contributed by atoms with Crippen molar-refractivity contribution in [3.05, 3.63) is 99.1 Å². The first-order valence-electron chi connectivity index (χ1n) is 10.2. The minimum Gasteiger partial charge on any atom is -0.350 e. The van der Waals surface area contributed by atoms with Gasteiger partial charge in [0.05, 0.1) is 5.69 Å². The average Bonchev–Trinajstić information content (AvgIpc) is 3.03. The van der Waals surface area contributed by atoms with Crippen LogP contribution in [-0.2, 0) is 16.0 Å². The maximum absolute atomic E-state index is 12.9. The fraction of sp³-hybridized carbons (Fsp3) is 0.0800. The number of rotatable bonds is 6. The van der Waals surface area contributed by atoms with Gasteiger partial charge in [0.1, 0.15) is 10.7 Å². The Bertz CT molecular complexity index is 1270. The molecule has 3 amide bonds. The van der Waals surface area contributed by atoms with Crippen molar-refractivity contribution in [2.75, 3.05) is 15.5 Å². The zero-order chi connectivity index (χ0) is 23.5. The summed E-state index contributed by atoms with van der Waals surface area (Å²) >= 11 is 9.53. The van der Waals surface area contributed by atoms with Crippen LogP contribution in [0.1, 0.15) is 22.8 Å². The first-order chi connectivity index (χ1) is 15.9. The number of imide groups is 1. The van der Waals surface area contributed by atoms with Crippen LogP contribution in [0, 0.1) is 0 Å². The molecule has 0 saturated carbocycles. The molecule has 2 N–H and O–H groups in total. The molecule has 3 aromatic carbocycles. The molecule has 0 spiro atoms. The standard InChI is InChI=1S/C25H19BrClN3O3/c1-2-15-6-10-18(11-7-15)29-23(31)16-4-3-5-19(14-16)28-22-21(27)24(32)30(25(22)33)20-12-8-17(26)9-13-20/h3-14,28H,2H2,1H3,(H,29,31). The molecule has 0 saturated heterocycles. The Kier molecular flexibility index (Phi) is 6.62. The highest BCUT2D eigenvalue weighted by atomic mass is 79.9. The fourth-order valence-corrected chi connectivity index (χ4v) is 3.82. The van der Waals surface area contributed by atoms with Crippen molar-refractivity contribution in [2.45, 2.75) is 13.3 Å². The van der Waals surface area contributed by atoms with Crippen LogP contribution in [0.2, 0.25) is 0 Å². The predicted octanol–water partition coefficient (Wildman–Crippen LogP) is 5.70. The van der Waals surface area contributed by atoms with E-state index >= 15 is 0 Å². The lowest BCUT2D eigenvalue weighted by atomic mass is 10.1. The minimum absolute atomic E-state index is 0.0442. The van der Waals surface area contributed by atoms with Crippen LogP contribution in [0.5, 0.6) is 0 Å². The second-order valence-corrected chi connectivity index (χ2v) is 8.62. The van der Waals surface area contributed by atoms with Crippen molar-refractivity contribution in [3.63, 3.8) is 0 Å². The number of carbonyl (C=O) groups excluding carboxylic acids is 3. The highest BCUT2D eigenvalue weighted by Crippen LogP contribution is 2.31. The third-order valence-electron chi connectivity index (χ3n) is 5.13. The molecule has 33 heavy (non-hydrogen) atoms. The predicted molar refractivity (Wildman–Crippen MR) is 133 cm³/mol. The molecule has 166 valence electrons. The van der Waals surface area contributed by atoms with E-state index in [1.165, 1.54) is 5.56 Å². The van der Waals surface area contributed by atoms with Gasteiger partial charge in [0.25, 0.3) is 17.7 Å². The number of hydrogen-bond acceptors (Lipinski definition) is 4. The average molecular weight is 525 g/mol. The molecule has 3 aromatic rings. The molecule has 0 aromatic heterocycles. The topological polar surface area (TPSA) is 78.5 Å². The molecule has 8 heteroatoms. The number of hydrogen-bond donors (Lipinski definition) is 2. The van der Waals surface area contributed by atoms with Gasteiger partial charge in [-0.1, -0.05) is 52.7 Å². The van der Waals surface area contributed by atoms with Crippen molar-refractivity contribution >= 4 is 62.3 Å². The van der Waals surface area contributed by atoms with Gasteiger partial charge in [-0.15, -0.1) is 0 Å². The normalized spacial score (nSPS) is 13.5. The molecule has 4 rings (SSSR count). The Morgan fingerprint density at radius 2 is 1.64 bits per heavy atom. The molecular formula is C25H19BrClN3O3. The summed E-state index contributed by atoms with van der Waals surface area (Å²) in [6, 6.07) is 21.0. The molecular weight excluding hydrogens is 506 g/mol. The van der Waals surface area contributed by atoms with Gasteiger partial charge in [0, 0.05) is 21.4 Å². The summed E-state index contributed by atoms with van der Waals surface area (Å²) in [5.41, 5.74) is 3.07. The lowest BCUT2D eigenvalue weighted by Crippen LogP contribution is -2.32. The van der Waals surface area contributed by atoms with E-state index in [1.807, 2.05) is 24.3 Å². The summed E-state index contributed by atoms with van der Waals surface area (Å²) < 4.78 is 0.819. The van der Waals surface area contributed by atoms with E-state index in [0.29, 0.717) is 22.6 Å². The van der Waals surface area contributed by atoms with Crippen LogP contribution < -0.4 is 15.5 Å². The first-order valence-corrected chi connectivity index (χ1v) is 11.4. The molecule has 0 radical (unpaired) electrons. The largest absolute Gasteiger partial charge is 0.350 e. The summed E-state index contributed by atoms with van der Waals surface area (Å²) in [5, 5.41) is 5.54. The van der Waals surface area contributed by atoms with Crippen LogP contribution in [0.25, 0.3) is 0 Å². The Balaban J connectivity index is 1.51. The summed E-state index contributed by atoms with van der Waals surface area (Å²) in [7, 11) is 0. The van der Waals surface area contributed by atoms with Crippen molar-refractivity contribution in [2.24, 2.45) is 0 Å². The highest BCUT2D eigenvalue weighted by Gasteiger charge is 2.38. The van der Waals surface area contributed by atoms with E-state index in [-0.39, 0.29) is 16.6 Å². The third kappa shape index (κ3) is 4.84. The number of carbonyl (C=O) groups is 3. The van der Waals surface area contributed by atoms with E-state index in [0.717, 1.165) is 15.8 Å². The lowest BCUT2D eigenvalue weighted by Gasteiger charge is -2.15. The number of halogens is 2. The molecule has 0 aliphatic carbocycles. The van der Waals surface area contributed by atoms with Crippen molar-refractivity contribution in [3.8, 4) is 0 Å². The van der Waals surface area contributed by atoms with Crippen LogP contribution in [0.4, 0.5) is 17.1 Å². The second kappa shape index (κ2) is 9.60. The summed E-state index contributed by atoms with van der Waals surface area (Å²) in [6.07, 6.45) is 0.917. The Hall–Kier alpha value is -3.42. The van der Waals surface area contributed by atoms with Gasteiger partial charge in [-0.25, -0.2) is 4.90 Å². The monoisotopic (exact) mass is 523 g/mol. The summed E-state index contributed by atoms with van der Waals surface area (Å²) in [4.78, 5) is 39.3.